The molecule has 0 bridgehead atoms. The Bertz CT molecular complexity index is 227. The molecule has 1 radical (unpaired) electrons. The van der Waals surface area contributed by atoms with E-state index in [1.165, 1.54) is 0 Å². The Kier molecular flexibility index (Phi) is 7.32. The van der Waals surface area contributed by atoms with Crippen LogP contribution in [0.1, 0.15) is 41.5 Å². The smallest absolute Gasteiger partial charge is 0.417 e. The van der Waals surface area contributed by atoms with Gasteiger partial charge < -0.3 is 9.47 Å². The topological polar surface area (TPSA) is 64.6 Å². The Morgan fingerprint density at radius 2 is 1.06 bits per heavy atom. The molecule has 0 aromatic rings. The molecular formula is C10H19NNaO4. The van der Waals surface area contributed by atoms with Crippen LogP contribution < -0.4 is 5.32 Å². The van der Waals surface area contributed by atoms with E-state index < -0.39 is 23.4 Å². The van der Waals surface area contributed by atoms with Gasteiger partial charge in [0.25, 0.3) is 0 Å². The molecule has 0 aromatic carbocycles. The minimum Gasteiger partial charge on any atom is -0.443 e. The quantitative estimate of drug-likeness (QED) is 0.658. The maximum Gasteiger partial charge on any atom is 0.417 e. The normalized spacial score (nSPS) is 11.1. The number of nitrogens with one attached hydrogen (secondary N) is 1. The number of amides is 2. The molecule has 0 heterocycles. The van der Waals surface area contributed by atoms with Crippen molar-refractivity contribution in [2.45, 2.75) is 52.7 Å². The third kappa shape index (κ3) is 11.8. The van der Waals surface area contributed by atoms with Gasteiger partial charge in [0.2, 0.25) is 0 Å². The molecule has 0 fully saturated rings. The Balaban J connectivity index is 0. The number of hydrogen-bond donors (Lipinski definition) is 1. The Hall–Kier alpha value is -0.260. The van der Waals surface area contributed by atoms with Crippen molar-refractivity contribution >= 4 is 41.7 Å². The van der Waals surface area contributed by atoms with E-state index in [2.05, 4.69) is 0 Å². The van der Waals surface area contributed by atoms with Crippen molar-refractivity contribution in [3.8, 4) is 0 Å². The number of alkyl carbamates (subject to hydrolysis) is 2. The van der Waals surface area contributed by atoms with Gasteiger partial charge in [0.15, 0.2) is 0 Å². The minimum atomic E-state index is -0.809. The molecule has 5 nitrogen and oxygen atoms in total. The van der Waals surface area contributed by atoms with Crippen LogP contribution in [0.4, 0.5) is 9.59 Å². The molecule has 0 saturated heterocycles. The number of carbonyl (C=O) groups excluding carboxylic acids is 2. The van der Waals surface area contributed by atoms with Gasteiger partial charge in [0, 0.05) is 29.6 Å². The van der Waals surface area contributed by atoms with Gasteiger partial charge in [-0.15, -0.1) is 0 Å². The molecule has 0 aliphatic carbocycles. The minimum absolute atomic E-state index is 0. The van der Waals surface area contributed by atoms with Crippen molar-refractivity contribution in [2.24, 2.45) is 0 Å². The first kappa shape index (κ1) is 18.1. The number of rotatable bonds is 0. The maximum absolute atomic E-state index is 11.1. The van der Waals surface area contributed by atoms with Gasteiger partial charge in [-0.05, 0) is 41.5 Å². The molecule has 0 atom stereocenters. The molecular weight excluding hydrogens is 221 g/mol. The summed E-state index contributed by atoms with van der Waals surface area (Å²) < 4.78 is 9.74. The van der Waals surface area contributed by atoms with E-state index in [-0.39, 0.29) is 29.6 Å². The summed E-state index contributed by atoms with van der Waals surface area (Å²) >= 11 is 0. The fourth-order valence-corrected chi connectivity index (χ4v) is 0.691. The van der Waals surface area contributed by atoms with Crippen LogP contribution in [0.2, 0.25) is 0 Å². The van der Waals surface area contributed by atoms with Gasteiger partial charge in [-0.25, -0.2) is 14.9 Å². The number of hydrogen-bond acceptors (Lipinski definition) is 4. The first-order chi connectivity index (χ1) is 6.49. The van der Waals surface area contributed by atoms with Crippen LogP contribution in [0.5, 0.6) is 0 Å². The van der Waals surface area contributed by atoms with Crippen LogP contribution in [-0.2, 0) is 9.47 Å². The second-order valence-corrected chi connectivity index (χ2v) is 5.13. The molecule has 0 aromatic heterocycles. The largest absolute Gasteiger partial charge is 0.443 e. The molecule has 89 valence electrons. The monoisotopic (exact) mass is 240 g/mol. The third-order valence-corrected chi connectivity index (χ3v) is 1.00. The van der Waals surface area contributed by atoms with E-state index in [0.717, 1.165) is 0 Å². The van der Waals surface area contributed by atoms with Gasteiger partial charge in [0.05, 0.1) is 0 Å². The van der Waals surface area contributed by atoms with E-state index in [4.69, 9.17) is 9.47 Å². The van der Waals surface area contributed by atoms with Crippen LogP contribution in [0.25, 0.3) is 0 Å². The zero-order chi connectivity index (χ0) is 12.3. The predicted molar refractivity (Wildman–Crippen MR) is 61.4 cm³/mol. The summed E-state index contributed by atoms with van der Waals surface area (Å²) in [5.41, 5.74) is -1.27. The first-order valence-electron chi connectivity index (χ1n) is 4.72. The summed E-state index contributed by atoms with van der Waals surface area (Å²) in [5, 5.41) is 1.97. The standard InChI is InChI=1S/C10H19NO4.Na/c1-9(2,3)14-7(12)11-8(13)15-10(4,5)6;/h1-6H3,(H,11,12,13);. The fourth-order valence-electron chi connectivity index (χ4n) is 0.691. The van der Waals surface area contributed by atoms with Crippen molar-refractivity contribution in [2.75, 3.05) is 0 Å². The van der Waals surface area contributed by atoms with Gasteiger partial charge in [0.1, 0.15) is 11.2 Å². The molecule has 6 heteroatoms. The summed E-state index contributed by atoms with van der Waals surface area (Å²) in [4.78, 5) is 22.2. The van der Waals surface area contributed by atoms with E-state index in [0.29, 0.717) is 0 Å². The van der Waals surface area contributed by atoms with E-state index in [9.17, 15) is 9.59 Å². The summed E-state index contributed by atoms with van der Waals surface area (Å²) in [7, 11) is 0. The molecule has 1 N–H and O–H groups in total. The van der Waals surface area contributed by atoms with Gasteiger partial charge in [-0.2, -0.15) is 0 Å². The molecule has 0 aliphatic heterocycles. The van der Waals surface area contributed by atoms with Crippen molar-refractivity contribution in [3.05, 3.63) is 0 Å². The number of carbonyl (C=O) groups is 2. The van der Waals surface area contributed by atoms with E-state index >= 15 is 0 Å². The summed E-state index contributed by atoms with van der Waals surface area (Å²) in [5.74, 6) is 0. The van der Waals surface area contributed by atoms with Crippen LogP contribution in [0.15, 0.2) is 0 Å². The maximum atomic E-state index is 11.1. The molecule has 0 aliphatic rings. The Morgan fingerprint density at radius 3 is 1.25 bits per heavy atom. The number of ether oxygens (including phenoxy) is 2. The average Bonchev–Trinajstić information content (AvgIpc) is 1.73. The van der Waals surface area contributed by atoms with Gasteiger partial charge in [-0.3, -0.25) is 0 Å². The van der Waals surface area contributed by atoms with Crippen molar-refractivity contribution in [3.63, 3.8) is 0 Å². The number of imide groups is 1. The molecule has 0 rings (SSSR count). The zero-order valence-corrected chi connectivity index (χ0v) is 13.1. The van der Waals surface area contributed by atoms with Crippen molar-refractivity contribution in [1.82, 2.24) is 5.32 Å². The second kappa shape index (κ2) is 6.47. The molecule has 2 amide bonds. The molecule has 16 heavy (non-hydrogen) atoms. The first-order valence-corrected chi connectivity index (χ1v) is 4.72. The van der Waals surface area contributed by atoms with Crippen LogP contribution in [0.3, 0.4) is 0 Å². The zero-order valence-electron chi connectivity index (χ0n) is 11.1. The van der Waals surface area contributed by atoms with Crippen LogP contribution in [0, 0.1) is 0 Å². The SMILES string of the molecule is CC(C)(C)OC(=O)NC(=O)OC(C)(C)C.[Na]. The fraction of sp³-hybridized carbons (Fsp3) is 0.800. The summed E-state index contributed by atoms with van der Waals surface area (Å²) in [6.45, 7) is 10.3. The Labute approximate surface area is 119 Å². The summed E-state index contributed by atoms with van der Waals surface area (Å²) in [6, 6.07) is 0. The van der Waals surface area contributed by atoms with Gasteiger partial charge in [-0.1, -0.05) is 0 Å². The van der Waals surface area contributed by atoms with E-state index in [1.807, 2.05) is 5.32 Å². The average molecular weight is 240 g/mol. The molecule has 0 spiro atoms. The van der Waals surface area contributed by atoms with Gasteiger partial charge >= 0.3 is 12.2 Å². The van der Waals surface area contributed by atoms with E-state index in [1.54, 1.807) is 41.5 Å². The van der Waals surface area contributed by atoms with Crippen molar-refractivity contribution < 1.29 is 19.1 Å². The van der Waals surface area contributed by atoms with Crippen LogP contribution in [-0.4, -0.2) is 52.9 Å². The Morgan fingerprint density at radius 1 is 0.812 bits per heavy atom. The molecule has 0 saturated carbocycles. The second-order valence-electron chi connectivity index (χ2n) is 5.13. The third-order valence-electron chi connectivity index (χ3n) is 1.00. The van der Waals surface area contributed by atoms with Crippen molar-refractivity contribution in [1.29, 1.82) is 0 Å². The van der Waals surface area contributed by atoms with Crippen LogP contribution >= 0.6 is 0 Å². The molecule has 0 unspecified atom stereocenters. The summed E-state index contributed by atoms with van der Waals surface area (Å²) in [6.07, 6.45) is -1.62. The predicted octanol–water partition coefficient (Wildman–Crippen LogP) is 2.07.